The van der Waals surface area contributed by atoms with E-state index in [0.717, 1.165) is 22.3 Å². The van der Waals surface area contributed by atoms with Crippen LogP contribution in [0.15, 0.2) is 84.9 Å². The van der Waals surface area contributed by atoms with Gasteiger partial charge in [0.1, 0.15) is 0 Å². The van der Waals surface area contributed by atoms with Crippen molar-refractivity contribution in [3.05, 3.63) is 107 Å². The normalized spacial score (nSPS) is 11.0. The maximum absolute atomic E-state index is 13.0. The second-order valence-corrected chi connectivity index (χ2v) is 7.48. The van der Waals surface area contributed by atoms with Gasteiger partial charge < -0.3 is 5.32 Å². The first-order valence-electron chi connectivity index (χ1n) is 9.89. The average Bonchev–Trinajstić information content (AvgIpc) is 3.22. The van der Waals surface area contributed by atoms with E-state index in [0.29, 0.717) is 23.3 Å². The molecule has 6 heteroatoms. The van der Waals surface area contributed by atoms with Crippen LogP contribution in [0, 0.1) is 6.92 Å². The third kappa shape index (κ3) is 5.08. The average molecular weight is 429 g/mol. The zero-order chi connectivity index (χ0) is 21.6. The summed E-state index contributed by atoms with van der Waals surface area (Å²) in [5.41, 5.74) is 3.82. The molecular weight excluding hydrogens is 408 g/mol. The molecule has 0 amide bonds. The molecule has 1 N–H and O–H groups in total. The van der Waals surface area contributed by atoms with Crippen LogP contribution in [0.2, 0.25) is 5.02 Å². The molecule has 0 fully saturated rings. The van der Waals surface area contributed by atoms with Crippen LogP contribution in [-0.2, 0) is 6.54 Å². The Hall–Kier alpha value is -3.70. The summed E-state index contributed by atoms with van der Waals surface area (Å²) < 4.78 is 1.28. The van der Waals surface area contributed by atoms with Gasteiger partial charge in [0.2, 0.25) is 5.95 Å². The Morgan fingerprint density at radius 3 is 2.45 bits per heavy atom. The van der Waals surface area contributed by atoms with Crippen molar-refractivity contribution >= 4 is 29.5 Å². The van der Waals surface area contributed by atoms with E-state index in [9.17, 15) is 4.79 Å². The lowest BCUT2D eigenvalue weighted by molar-refractivity contribution is 0.0957. The lowest BCUT2D eigenvalue weighted by Gasteiger charge is -2.05. The second-order valence-electron chi connectivity index (χ2n) is 7.07. The van der Waals surface area contributed by atoms with E-state index < -0.39 is 0 Å². The number of anilines is 1. The van der Waals surface area contributed by atoms with Crippen LogP contribution < -0.4 is 5.32 Å². The first-order chi connectivity index (χ1) is 15.1. The van der Waals surface area contributed by atoms with Crippen molar-refractivity contribution in [1.29, 1.82) is 0 Å². The molecule has 3 aromatic carbocycles. The fraction of sp³-hybridized carbons (Fsp3) is 0.0800. The Kier molecular flexibility index (Phi) is 6.24. The van der Waals surface area contributed by atoms with Crippen LogP contribution in [0.1, 0.15) is 21.5 Å². The Morgan fingerprint density at radius 2 is 1.71 bits per heavy atom. The Morgan fingerprint density at radius 1 is 1.00 bits per heavy atom. The highest BCUT2D eigenvalue weighted by Gasteiger charge is 2.16. The van der Waals surface area contributed by atoms with E-state index in [1.807, 2.05) is 79.7 Å². The highest BCUT2D eigenvalue weighted by molar-refractivity contribution is 6.32. The van der Waals surface area contributed by atoms with Gasteiger partial charge in [-0.25, -0.2) is 0 Å². The molecule has 0 aliphatic carbocycles. The topological polar surface area (TPSA) is 59.8 Å². The van der Waals surface area contributed by atoms with E-state index in [4.69, 9.17) is 11.6 Å². The van der Waals surface area contributed by atoms with Gasteiger partial charge in [0.25, 0.3) is 5.91 Å². The SMILES string of the molecule is Cc1ccc(-c2nc(NCc3ccccc3)n(C(=O)C=Cc3ccccc3Cl)n2)cc1. The van der Waals surface area contributed by atoms with Crippen molar-refractivity contribution in [3.63, 3.8) is 0 Å². The van der Waals surface area contributed by atoms with Crippen LogP contribution in [0.3, 0.4) is 0 Å². The van der Waals surface area contributed by atoms with Crippen LogP contribution in [0.4, 0.5) is 5.95 Å². The minimum absolute atomic E-state index is 0.318. The number of hydrogen-bond acceptors (Lipinski definition) is 4. The minimum Gasteiger partial charge on any atom is -0.350 e. The number of aryl methyl sites for hydroxylation is 1. The highest BCUT2D eigenvalue weighted by Crippen LogP contribution is 2.20. The van der Waals surface area contributed by atoms with E-state index >= 15 is 0 Å². The summed E-state index contributed by atoms with van der Waals surface area (Å²) in [6.45, 7) is 2.54. The summed E-state index contributed by atoms with van der Waals surface area (Å²) in [7, 11) is 0. The van der Waals surface area contributed by atoms with Crippen LogP contribution >= 0.6 is 11.6 Å². The van der Waals surface area contributed by atoms with Crippen molar-refractivity contribution < 1.29 is 4.79 Å². The predicted molar refractivity (Wildman–Crippen MR) is 125 cm³/mol. The maximum atomic E-state index is 13.0. The number of aromatic nitrogens is 3. The monoisotopic (exact) mass is 428 g/mol. The number of carbonyl (C=O) groups excluding carboxylic acids is 1. The van der Waals surface area contributed by atoms with Gasteiger partial charge in [-0.15, -0.1) is 5.10 Å². The fourth-order valence-corrected chi connectivity index (χ4v) is 3.22. The first-order valence-corrected chi connectivity index (χ1v) is 10.3. The van der Waals surface area contributed by atoms with Gasteiger partial charge in [0.15, 0.2) is 5.82 Å². The van der Waals surface area contributed by atoms with Crippen LogP contribution in [0.25, 0.3) is 17.5 Å². The van der Waals surface area contributed by atoms with Crippen LogP contribution in [0.5, 0.6) is 0 Å². The van der Waals surface area contributed by atoms with Gasteiger partial charge in [0.05, 0.1) is 0 Å². The molecule has 154 valence electrons. The highest BCUT2D eigenvalue weighted by atomic mass is 35.5. The summed E-state index contributed by atoms with van der Waals surface area (Å²) in [4.78, 5) is 17.5. The number of carbonyl (C=O) groups is 1. The number of allylic oxidation sites excluding steroid dienone is 1. The fourth-order valence-electron chi connectivity index (χ4n) is 3.02. The van der Waals surface area contributed by atoms with Gasteiger partial charge in [-0.2, -0.15) is 9.67 Å². The number of nitrogens with zero attached hydrogens (tertiary/aromatic N) is 3. The molecular formula is C25H21ClN4O. The number of rotatable bonds is 6. The van der Waals surface area contributed by atoms with Crippen molar-refractivity contribution in [2.45, 2.75) is 13.5 Å². The lowest BCUT2D eigenvalue weighted by atomic mass is 10.1. The number of hydrogen-bond donors (Lipinski definition) is 1. The molecule has 0 aliphatic rings. The number of nitrogens with one attached hydrogen (secondary N) is 1. The van der Waals surface area contributed by atoms with Gasteiger partial charge in [0, 0.05) is 23.2 Å². The maximum Gasteiger partial charge on any atom is 0.274 e. The van der Waals surface area contributed by atoms with Crippen molar-refractivity contribution in [3.8, 4) is 11.4 Å². The Balaban J connectivity index is 1.64. The summed E-state index contributed by atoms with van der Waals surface area (Å²) >= 11 is 6.19. The van der Waals surface area contributed by atoms with Crippen molar-refractivity contribution in [2.24, 2.45) is 0 Å². The molecule has 0 atom stereocenters. The third-order valence-electron chi connectivity index (χ3n) is 4.73. The van der Waals surface area contributed by atoms with E-state index in [1.54, 1.807) is 12.1 Å². The van der Waals surface area contributed by atoms with Crippen molar-refractivity contribution in [1.82, 2.24) is 14.8 Å². The van der Waals surface area contributed by atoms with Crippen molar-refractivity contribution in [2.75, 3.05) is 5.32 Å². The minimum atomic E-state index is -0.318. The molecule has 0 spiro atoms. The molecule has 31 heavy (non-hydrogen) atoms. The zero-order valence-corrected chi connectivity index (χ0v) is 17.8. The molecule has 0 aliphatic heterocycles. The lowest BCUT2D eigenvalue weighted by Crippen LogP contribution is -2.14. The molecule has 0 radical (unpaired) electrons. The van der Waals surface area contributed by atoms with Gasteiger partial charge in [-0.1, -0.05) is 90.0 Å². The molecule has 5 nitrogen and oxygen atoms in total. The summed E-state index contributed by atoms with van der Waals surface area (Å²) in [5.74, 6) is 0.546. The molecule has 0 bridgehead atoms. The smallest absolute Gasteiger partial charge is 0.274 e. The van der Waals surface area contributed by atoms with E-state index in [1.165, 1.54) is 10.8 Å². The zero-order valence-electron chi connectivity index (χ0n) is 17.0. The third-order valence-corrected chi connectivity index (χ3v) is 5.07. The Bertz CT molecular complexity index is 1210. The van der Waals surface area contributed by atoms with E-state index in [2.05, 4.69) is 15.4 Å². The molecule has 4 aromatic rings. The summed E-state index contributed by atoms with van der Waals surface area (Å²) in [5, 5.41) is 8.27. The largest absolute Gasteiger partial charge is 0.350 e. The van der Waals surface area contributed by atoms with Gasteiger partial charge >= 0.3 is 0 Å². The molecule has 0 unspecified atom stereocenters. The quantitative estimate of drug-likeness (QED) is 0.390. The molecule has 0 saturated carbocycles. The van der Waals surface area contributed by atoms with Gasteiger partial charge in [-0.05, 0) is 30.2 Å². The summed E-state index contributed by atoms with van der Waals surface area (Å²) in [6.07, 6.45) is 3.13. The predicted octanol–water partition coefficient (Wildman–Crippen LogP) is 5.87. The molecule has 0 saturated heterocycles. The first kappa shape index (κ1) is 20.6. The standard InChI is InChI=1S/C25H21ClN4O/c1-18-11-13-21(14-12-18)24-28-25(27-17-19-7-3-2-4-8-19)30(29-24)23(31)16-15-20-9-5-6-10-22(20)26/h2-16H,17H2,1H3,(H,27,28,29). The molecule has 1 aromatic heterocycles. The number of benzene rings is 3. The molecule has 1 heterocycles. The van der Waals surface area contributed by atoms with E-state index in [-0.39, 0.29) is 5.91 Å². The second kappa shape index (κ2) is 9.41. The van der Waals surface area contributed by atoms with Gasteiger partial charge in [-0.3, -0.25) is 4.79 Å². The molecule has 4 rings (SSSR count). The number of halogens is 1. The summed E-state index contributed by atoms with van der Waals surface area (Å²) in [6, 6.07) is 25.1. The Labute approximate surface area is 186 Å². The van der Waals surface area contributed by atoms with Crippen LogP contribution in [-0.4, -0.2) is 20.7 Å².